The number of ether oxygens (including phenoxy) is 1. The van der Waals surface area contributed by atoms with Gasteiger partial charge in [-0.2, -0.15) is 0 Å². The summed E-state index contributed by atoms with van der Waals surface area (Å²) in [5, 5.41) is 0. The maximum atomic E-state index is 13.9. The number of fused-ring (bicyclic) bond motifs is 3. The maximum absolute atomic E-state index is 13.9. The standard InChI is InChI=1S/C27H21F5O/c1-2-3-4-5-17-8-10-22-20(12-17)16-21-13-18(9-11-23(21)22)6-7-19-14-24(28)26(25(29)15-19)33-27(30,31)32/h8-15H,2-5,16H2,1H3. The van der Waals surface area contributed by atoms with Crippen LogP contribution in [0.25, 0.3) is 11.1 Å². The zero-order valence-corrected chi connectivity index (χ0v) is 18.0. The number of halogens is 5. The SMILES string of the molecule is CCCCCc1ccc2c(c1)Cc1cc(C#Cc3cc(F)c(OC(F)(F)F)c(F)c3)ccc1-2. The highest BCUT2D eigenvalue weighted by Gasteiger charge is 2.34. The fourth-order valence-corrected chi connectivity index (χ4v) is 4.07. The first-order chi connectivity index (χ1) is 15.7. The Morgan fingerprint density at radius 1 is 0.818 bits per heavy atom. The lowest BCUT2D eigenvalue weighted by molar-refractivity contribution is -0.276. The van der Waals surface area contributed by atoms with Crippen LogP contribution in [0.15, 0.2) is 48.5 Å². The number of rotatable bonds is 5. The van der Waals surface area contributed by atoms with E-state index >= 15 is 0 Å². The van der Waals surface area contributed by atoms with E-state index in [1.165, 1.54) is 36.0 Å². The number of alkyl halides is 3. The smallest absolute Gasteiger partial charge is 0.399 e. The number of aryl methyl sites for hydroxylation is 1. The zero-order valence-electron chi connectivity index (χ0n) is 18.0. The summed E-state index contributed by atoms with van der Waals surface area (Å²) in [6.07, 6.45) is 0.235. The minimum atomic E-state index is -5.19. The van der Waals surface area contributed by atoms with Gasteiger partial charge in [0.05, 0.1) is 0 Å². The first-order valence-corrected chi connectivity index (χ1v) is 10.8. The van der Waals surface area contributed by atoms with E-state index in [0.29, 0.717) is 5.56 Å². The minimum Gasteiger partial charge on any atom is -0.399 e. The van der Waals surface area contributed by atoms with Crippen molar-refractivity contribution in [1.29, 1.82) is 0 Å². The monoisotopic (exact) mass is 456 g/mol. The van der Waals surface area contributed by atoms with E-state index < -0.39 is 23.7 Å². The Bertz CT molecular complexity index is 1220. The van der Waals surface area contributed by atoms with Crippen LogP contribution in [0.4, 0.5) is 22.0 Å². The van der Waals surface area contributed by atoms with Crippen LogP contribution in [-0.4, -0.2) is 6.36 Å². The van der Waals surface area contributed by atoms with Crippen molar-refractivity contribution >= 4 is 0 Å². The molecule has 3 aromatic rings. The van der Waals surface area contributed by atoms with E-state index in [0.717, 1.165) is 36.1 Å². The van der Waals surface area contributed by atoms with Crippen LogP contribution in [0.5, 0.6) is 5.75 Å². The zero-order chi connectivity index (χ0) is 23.6. The first kappa shape index (κ1) is 22.8. The molecule has 1 nitrogen and oxygen atoms in total. The molecule has 1 aliphatic rings. The molecule has 0 unspecified atom stereocenters. The lowest BCUT2D eigenvalue weighted by Gasteiger charge is -2.10. The maximum Gasteiger partial charge on any atom is 0.573 e. The summed E-state index contributed by atoms with van der Waals surface area (Å²) in [6, 6.07) is 13.8. The molecule has 0 atom stereocenters. The Kier molecular flexibility index (Phi) is 6.42. The van der Waals surface area contributed by atoms with E-state index in [-0.39, 0.29) is 5.56 Å². The van der Waals surface area contributed by atoms with Crippen molar-refractivity contribution < 1.29 is 26.7 Å². The van der Waals surface area contributed by atoms with E-state index in [1.54, 1.807) is 0 Å². The van der Waals surface area contributed by atoms with Crippen LogP contribution >= 0.6 is 0 Å². The summed E-state index contributed by atoms with van der Waals surface area (Å²) in [7, 11) is 0. The molecule has 0 amide bonds. The van der Waals surface area contributed by atoms with Gasteiger partial charge in [0.1, 0.15) is 0 Å². The van der Waals surface area contributed by atoms with E-state index in [2.05, 4.69) is 41.7 Å². The third-order valence-electron chi connectivity index (χ3n) is 5.58. The Hall–Kier alpha value is -3.33. The Labute approximate surface area is 189 Å². The van der Waals surface area contributed by atoms with Crippen LogP contribution < -0.4 is 4.74 Å². The predicted octanol–water partition coefficient (Wildman–Crippen LogP) is 7.57. The lowest BCUT2D eigenvalue weighted by Crippen LogP contribution is -2.19. The molecule has 4 rings (SSSR count). The Morgan fingerprint density at radius 3 is 2.12 bits per heavy atom. The Balaban J connectivity index is 1.53. The van der Waals surface area contributed by atoms with Crippen LogP contribution in [0, 0.1) is 23.5 Å². The summed E-state index contributed by atoms with van der Waals surface area (Å²) < 4.78 is 68.1. The first-order valence-electron chi connectivity index (χ1n) is 10.8. The molecule has 0 aliphatic heterocycles. The molecular formula is C27H21F5O. The third kappa shape index (κ3) is 5.36. The number of benzene rings is 3. The second-order valence-corrected chi connectivity index (χ2v) is 8.06. The van der Waals surface area contributed by atoms with Crippen molar-refractivity contribution in [1.82, 2.24) is 0 Å². The molecule has 3 aromatic carbocycles. The van der Waals surface area contributed by atoms with Gasteiger partial charge in [0, 0.05) is 11.1 Å². The fraction of sp³-hybridized carbons (Fsp3) is 0.259. The summed E-state index contributed by atoms with van der Waals surface area (Å²) in [4.78, 5) is 0. The van der Waals surface area contributed by atoms with Crippen LogP contribution in [0.1, 0.15) is 54.0 Å². The number of unbranched alkanes of at least 4 members (excludes halogenated alkanes) is 2. The van der Waals surface area contributed by atoms with Crippen molar-refractivity contribution in [2.24, 2.45) is 0 Å². The van der Waals surface area contributed by atoms with Crippen LogP contribution in [0.2, 0.25) is 0 Å². The van der Waals surface area contributed by atoms with Gasteiger partial charge in [0.2, 0.25) is 5.75 Å². The van der Waals surface area contributed by atoms with Crippen molar-refractivity contribution in [2.75, 3.05) is 0 Å². The van der Waals surface area contributed by atoms with Gasteiger partial charge in [0.15, 0.2) is 11.6 Å². The summed E-state index contributed by atoms with van der Waals surface area (Å²) in [5.41, 5.74) is 6.63. The molecule has 0 spiro atoms. The van der Waals surface area contributed by atoms with Gasteiger partial charge in [-0.25, -0.2) is 8.78 Å². The molecule has 0 radical (unpaired) electrons. The molecule has 33 heavy (non-hydrogen) atoms. The number of hydrogen-bond donors (Lipinski definition) is 0. The van der Waals surface area contributed by atoms with Gasteiger partial charge in [-0.05, 0) is 71.3 Å². The molecule has 0 heterocycles. The topological polar surface area (TPSA) is 9.23 Å². The molecule has 0 bridgehead atoms. The molecule has 0 saturated heterocycles. The molecule has 0 fully saturated rings. The molecule has 0 N–H and O–H groups in total. The van der Waals surface area contributed by atoms with Gasteiger partial charge in [-0.3, -0.25) is 0 Å². The van der Waals surface area contributed by atoms with Crippen LogP contribution in [-0.2, 0) is 12.8 Å². The minimum absolute atomic E-state index is 0.0833. The normalized spacial score (nSPS) is 12.1. The summed E-state index contributed by atoms with van der Waals surface area (Å²) >= 11 is 0. The van der Waals surface area contributed by atoms with Gasteiger partial charge < -0.3 is 4.74 Å². The van der Waals surface area contributed by atoms with E-state index in [1.807, 2.05) is 18.2 Å². The van der Waals surface area contributed by atoms with Crippen molar-refractivity contribution in [2.45, 2.75) is 45.4 Å². The van der Waals surface area contributed by atoms with Gasteiger partial charge in [0.25, 0.3) is 0 Å². The summed E-state index contributed by atoms with van der Waals surface area (Å²) in [5.74, 6) is 1.04. The van der Waals surface area contributed by atoms with Gasteiger partial charge in [-0.1, -0.05) is 55.9 Å². The molecule has 0 saturated carbocycles. The average Bonchev–Trinajstić information content (AvgIpc) is 3.11. The average molecular weight is 456 g/mol. The molecular weight excluding hydrogens is 435 g/mol. The highest BCUT2D eigenvalue weighted by atomic mass is 19.4. The molecule has 6 heteroatoms. The Morgan fingerprint density at radius 2 is 1.45 bits per heavy atom. The summed E-state index contributed by atoms with van der Waals surface area (Å²) in [6.45, 7) is 2.18. The van der Waals surface area contributed by atoms with Crippen molar-refractivity contribution in [3.63, 3.8) is 0 Å². The lowest BCUT2D eigenvalue weighted by atomic mass is 10.00. The second kappa shape index (κ2) is 9.27. The highest BCUT2D eigenvalue weighted by Crippen LogP contribution is 2.37. The van der Waals surface area contributed by atoms with Gasteiger partial charge >= 0.3 is 6.36 Å². The predicted molar refractivity (Wildman–Crippen MR) is 117 cm³/mol. The van der Waals surface area contributed by atoms with Crippen LogP contribution in [0.3, 0.4) is 0 Å². The van der Waals surface area contributed by atoms with Gasteiger partial charge in [-0.15, -0.1) is 13.2 Å². The third-order valence-corrected chi connectivity index (χ3v) is 5.58. The van der Waals surface area contributed by atoms with E-state index in [4.69, 9.17) is 0 Å². The number of hydrogen-bond acceptors (Lipinski definition) is 1. The highest BCUT2D eigenvalue weighted by molar-refractivity contribution is 5.77. The molecule has 1 aliphatic carbocycles. The molecule has 0 aromatic heterocycles. The van der Waals surface area contributed by atoms with Crippen molar-refractivity contribution in [3.05, 3.63) is 88.0 Å². The largest absolute Gasteiger partial charge is 0.573 e. The fourth-order valence-electron chi connectivity index (χ4n) is 4.07. The molecule has 170 valence electrons. The van der Waals surface area contributed by atoms with E-state index in [9.17, 15) is 22.0 Å². The quantitative estimate of drug-likeness (QED) is 0.171. The van der Waals surface area contributed by atoms with Crippen molar-refractivity contribution in [3.8, 4) is 28.7 Å². The second-order valence-electron chi connectivity index (χ2n) is 8.06.